The van der Waals surface area contributed by atoms with E-state index in [-0.39, 0.29) is 6.03 Å². The van der Waals surface area contributed by atoms with Crippen LogP contribution in [0.5, 0.6) is 0 Å². The third kappa shape index (κ3) is 2.27. The van der Waals surface area contributed by atoms with Crippen molar-refractivity contribution in [3.63, 3.8) is 0 Å². The zero-order valence-electron chi connectivity index (χ0n) is 9.91. The summed E-state index contributed by atoms with van der Waals surface area (Å²) in [6.07, 6.45) is 3.57. The minimum absolute atomic E-state index is 0.281. The van der Waals surface area contributed by atoms with E-state index in [9.17, 15) is 4.79 Å². The molecule has 0 N–H and O–H groups in total. The summed E-state index contributed by atoms with van der Waals surface area (Å²) in [5.74, 6) is 1.59. The van der Waals surface area contributed by atoms with Crippen LogP contribution in [-0.4, -0.2) is 42.0 Å². The Bertz CT molecular complexity index is 228. The van der Waals surface area contributed by atoms with E-state index in [2.05, 4.69) is 13.8 Å². The number of amides is 2. The maximum Gasteiger partial charge on any atom is 0.319 e. The van der Waals surface area contributed by atoms with Gasteiger partial charge in [-0.15, -0.1) is 0 Å². The highest BCUT2D eigenvalue weighted by molar-refractivity contribution is 5.75. The van der Waals surface area contributed by atoms with Crippen molar-refractivity contribution in [2.45, 2.75) is 33.1 Å². The molecule has 0 saturated carbocycles. The first-order valence-electron chi connectivity index (χ1n) is 6.22. The highest BCUT2D eigenvalue weighted by Gasteiger charge is 2.29. The molecule has 2 amide bonds. The van der Waals surface area contributed by atoms with Gasteiger partial charge in [0.25, 0.3) is 0 Å². The number of carbonyl (C=O) groups is 1. The topological polar surface area (TPSA) is 23.6 Å². The quantitative estimate of drug-likeness (QED) is 0.650. The molecule has 2 saturated heterocycles. The largest absolute Gasteiger partial charge is 0.325 e. The Morgan fingerprint density at radius 3 is 2.00 bits per heavy atom. The first-order chi connectivity index (χ1) is 7.18. The van der Waals surface area contributed by atoms with Crippen molar-refractivity contribution >= 4 is 6.03 Å². The number of urea groups is 1. The molecule has 0 spiro atoms. The Morgan fingerprint density at radius 1 is 1.07 bits per heavy atom. The molecule has 2 heterocycles. The molecule has 86 valence electrons. The molecule has 0 bridgehead atoms. The predicted molar refractivity (Wildman–Crippen MR) is 60.7 cm³/mol. The second-order valence-corrected chi connectivity index (χ2v) is 5.19. The number of likely N-dealkylation sites (tertiary alicyclic amines) is 2. The van der Waals surface area contributed by atoms with Gasteiger partial charge < -0.3 is 9.80 Å². The van der Waals surface area contributed by atoms with Crippen LogP contribution in [0.15, 0.2) is 0 Å². The minimum atomic E-state index is 0.281. The van der Waals surface area contributed by atoms with E-state index in [1.165, 1.54) is 19.3 Å². The van der Waals surface area contributed by atoms with Crippen molar-refractivity contribution in [3.8, 4) is 0 Å². The molecule has 2 rings (SSSR count). The van der Waals surface area contributed by atoms with Crippen LogP contribution in [0.4, 0.5) is 4.79 Å². The number of rotatable bonds is 1. The van der Waals surface area contributed by atoms with Crippen molar-refractivity contribution in [2.75, 3.05) is 26.2 Å². The lowest BCUT2D eigenvalue weighted by atomic mass is 9.87. The normalized spacial score (nSPS) is 23.1. The molecule has 2 aliphatic heterocycles. The molecule has 0 aromatic rings. The van der Waals surface area contributed by atoms with Gasteiger partial charge in [0.05, 0.1) is 0 Å². The Morgan fingerprint density at radius 2 is 1.60 bits per heavy atom. The minimum Gasteiger partial charge on any atom is -0.325 e. The molecule has 0 radical (unpaired) electrons. The third-order valence-corrected chi connectivity index (χ3v) is 3.88. The Hall–Kier alpha value is -0.730. The zero-order chi connectivity index (χ0) is 10.8. The van der Waals surface area contributed by atoms with E-state index in [1.54, 1.807) is 0 Å². The fourth-order valence-corrected chi connectivity index (χ4v) is 2.46. The third-order valence-electron chi connectivity index (χ3n) is 3.88. The van der Waals surface area contributed by atoms with E-state index in [0.717, 1.165) is 38.0 Å². The van der Waals surface area contributed by atoms with E-state index >= 15 is 0 Å². The van der Waals surface area contributed by atoms with Gasteiger partial charge in [0.15, 0.2) is 0 Å². The van der Waals surface area contributed by atoms with Gasteiger partial charge >= 0.3 is 6.03 Å². The highest BCUT2D eigenvalue weighted by atomic mass is 16.2. The molecule has 0 atom stereocenters. The number of piperidine rings is 1. The van der Waals surface area contributed by atoms with E-state index < -0.39 is 0 Å². The fraction of sp³-hybridized carbons (Fsp3) is 0.917. The molecule has 3 nitrogen and oxygen atoms in total. The number of hydrogen-bond donors (Lipinski definition) is 0. The summed E-state index contributed by atoms with van der Waals surface area (Å²) in [6.45, 7) is 8.47. The molecule has 0 aromatic carbocycles. The van der Waals surface area contributed by atoms with Crippen molar-refractivity contribution in [2.24, 2.45) is 11.8 Å². The first-order valence-corrected chi connectivity index (χ1v) is 6.22. The first kappa shape index (κ1) is 10.8. The summed E-state index contributed by atoms with van der Waals surface area (Å²) in [5, 5.41) is 0. The average molecular weight is 210 g/mol. The summed E-state index contributed by atoms with van der Waals surface area (Å²) in [6, 6.07) is 0.281. The number of hydrogen-bond acceptors (Lipinski definition) is 1. The van der Waals surface area contributed by atoms with Crippen LogP contribution < -0.4 is 0 Å². The average Bonchev–Trinajstić information content (AvgIpc) is 2.15. The molecule has 0 unspecified atom stereocenters. The van der Waals surface area contributed by atoms with Crippen LogP contribution >= 0.6 is 0 Å². The summed E-state index contributed by atoms with van der Waals surface area (Å²) >= 11 is 0. The van der Waals surface area contributed by atoms with Gasteiger partial charge in [-0.05, 0) is 31.1 Å². The standard InChI is InChI=1S/C12H22N2O/c1-10(2)11-4-8-14(9-5-11)12(15)13-6-3-7-13/h10-11H,3-9H2,1-2H3. The maximum absolute atomic E-state index is 11.9. The smallest absolute Gasteiger partial charge is 0.319 e. The van der Waals surface area contributed by atoms with Crippen LogP contribution in [0.3, 0.4) is 0 Å². The SMILES string of the molecule is CC(C)C1CCN(C(=O)N2CCC2)CC1. The van der Waals surface area contributed by atoms with Crippen molar-refractivity contribution in [3.05, 3.63) is 0 Å². The van der Waals surface area contributed by atoms with Crippen LogP contribution in [0.25, 0.3) is 0 Å². The van der Waals surface area contributed by atoms with Gasteiger partial charge in [0, 0.05) is 26.2 Å². The molecule has 0 aliphatic carbocycles. The van der Waals surface area contributed by atoms with Crippen LogP contribution in [-0.2, 0) is 0 Å². The second-order valence-electron chi connectivity index (χ2n) is 5.19. The maximum atomic E-state index is 11.9. The lowest BCUT2D eigenvalue weighted by Gasteiger charge is -2.40. The number of carbonyl (C=O) groups excluding carboxylic acids is 1. The second kappa shape index (κ2) is 4.42. The van der Waals surface area contributed by atoms with Crippen LogP contribution in [0, 0.1) is 11.8 Å². The monoisotopic (exact) mass is 210 g/mol. The lowest BCUT2D eigenvalue weighted by Crippen LogP contribution is -2.51. The predicted octanol–water partition coefficient (Wildman–Crippen LogP) is 2.18. The summed E-state index contributed by atoms with van der Waals surface area (Å²) in [5.41, 5.74) is 0. The molecular formula is C12H22N2O. The summed E-state index contributed by atoms with van der Waals surface area (Å²) in [4.78, 5) is 15.9. The van der Waals surface area contributed by atoms with E-state index in [4.69, 9.17) is 0 Å². The molecular weight excluding hydrogens is 188 g/mol. The van der Waals surface area contributed by atoms with Gasteiger partial charge in [0.2, 0.25) is 0 Å². The van der Waals surface area contributed by atoms with Gasteiger partial charge in [-0.1, -0.05) is 13.8 Å². The molecule has 3 heteroatoms. The Kier molecular flexibility index (Phi) is 3.17. The lowest BCUT2D eigenvalue weighted by molar-refractivity contribution is 0.104. The summed E-state index contributed by atoms with van der Waals surface area (Å²) < 4.78 is 0. The molecule has 2 fully saturated rings. The van der Waals surface area contributed by atoms with Gasteiger partial charge in [-0.2, -0.15) is 0 Å². The highest BCUT2D eigenvalue weighted by Crippen LogP contribution is 2.25. The van der Waals surface area contributed by atoms with Crippen molar-refractivity contribution in [1.29, 1.82) is 0 Å². The van der Waals surface area contributed by atoms with E-state index in [1.807, 2.05) is 9.80 Å². The van der Waals surface area contributed by atoms with Crippen LogP contribution in [0.2, 0.25) is 0 Å². The van der Waals surface area contributed by atoms with Gasteiger partial charge in [-0.3, -0.25) is 0 Å². The molecule has 0 aromatic heterocycles. The van der Waals surface area contributed by atoms with Crippen LogP contribution in [0.1, 0.15) is 33.1 Å². The van der Waals surface area contributed by atoms with Crippen molar-refractivity contribution in [1.82, 2.24) is 9.80 Å². The molecule has 2 aliphatic rings. The zero-order valence-corrected chi connectivity index (χ0v) is 9.91. The van der Waals surface area contributed by atoms with Gasteiger partial charge in [-0.25, -0.2) is 4.79 Å². The fourth-order valence-electron chi connectivity index (χ4n) is 2.46. The molecule has 15 heavy (non-hydrogen) atoms. The van der Waals surface area contributed by atoms with E-state index in [0.29, 0.717) is 0 Å². The van der Waals surface area contributed by atoms with Gasteiger partial charge in [0.1, 0.15) is 0 Å². The summed E-state index contributed by atoms with van der Waals surface area (Å²) in [7, 11) is 0. The Balaban J connectivity index is 1.79. The van der Waals surface area contributed by atoms with Crippen molar-refractivity contribution < 1.29 is 4.79 Å². The Labute approximate surface area is 92.4 Å². The number of nitrogens with zero attached hydrogens (tertiary/aromatic N) is 2.